The summed E-state index contributed by atoms with van der Waals surface area (Å²) in [7, 11) is 1.35. The number of alkyl halides is 1. The summed E-state index contributed by atoms with van der Waals surface area (Å²) < 4.78 is 26.3. The highest BCUT2D eigenvalue weighted by Crippen LogP contribution is 2.32. The van der Waals surface area contributed by atoms with Crippen molar-refractivity contribution in [1.29, 1.82) is 5.41 Å². The molecule has 4 rings (SSSR count). The molecule has 0 bridgehead atoms. The van der Waals surface area contributed by atoms with Crippen LogP contribution in [0.5, 0.6) is 11.5 Å². The lowest BCUT2D eigenvalue weighted by Gasteiger charge is -2.25. The van der Waals surface area contributed by atoms with Crippen LogP contribution >= 0.6 is 11.3 Å². The zero-order valence-corrected chi connectivity index (χ0v) is 24.4. The lowest BCUT2D eigenvalue weighted by Crippen LogP contribution is -2.49. The first-order valence-corrected chi connectivity index (χ1v) is 14.2. The van der Waals surface area contributed by atoms with Crippen LogP contribution in [0.25, 0.3) is 0 Å². The molecule has 1 unspecified atom stereocenters. The van der Waals surface area contributed by atoms with Crippen LogP contribution in [-0.2, 0) is 14.3 Å². The Bertz CT molecular complexity index is 1450. The van der Waals surface area contributed by atoms with Crippen molar-refractivity contribution in [3.8, 4) is 11.5 Å². The van der Waals surface area contributed by atoms with E-state index in [1.807, 2.05) is 31.2 Å². The molecule has 1 aliphatic heterocycles. The van der Waals surface area contributed by atoms with Gasteiger partial charge in [-0.2, -0.15) is 0 Å². The van der Waals surface area contributed by atoms with Gasteiger partial charge in [0.2, 0.25) is 11.8 Å². The van der Waals surface area contributed by atoms with E-state index < -0.39 is 42.0 Å². The smallest absolute Gasteiger partial charge is 0.251 e. The predicted molar refractivity (Wildman–Crippen MR) is 158 cm³/mol. The molecule has 2 heterocycles. The number of ether oxygens (including phenoxy) is 2. The molecule has 10 nitrogen and oxygen atoms in total. The van der Waals surface area contributed by atoms with Crippen LogP contribution in [0, 0.1) is 12.3 Å². The Morgan fingerprint density at radius 1 is 1.14 bits per heavy atom. The van der Waals surface area contributed by atoms with Crippen LogP contribution in [-0.4, -0.2) is 67.0 Å². The van der Waals surface area contributed by atoms with Gasteiger partial charge in [0, 0.05) is 34.9 Å². The van der Waals surface area contributed by atoms with Gasteiger partial charge in [-0.15, -0.1) is 11.3 Å². The SMILES string of the molecule is COC[C@@]1(F)C[C@@H](C(=O)NC(C)c2cc(C(=N)N)cs2)N(C(=O)CNC(=O)c2ccc(Oc3ccc(C)cc3)cc2)C1. The summed E-state index contributed by atoms with van der Waals surface area (Å²) in [6.45, 7) is 2.68. The Morgan fingerprint density at radius 2 is 1.79 bits per heavy atom. The average Bonchev–Trinajstić information content (AvgIpc) is 3.59. The number of nitrogens with one attached hydrogen (secondary N) is 3. The second kappa shape index (κ2) is 13.1. The number of nitrogen functional groups attached to an aromatic ring is 1. The third-order valence-corrected chi connectivity index (χ3v) is 8.02. The van der Waals surface area contributed by atoms with Crippen LogP contribution < -0.4 is 21.1 Å². The summed E-state index contributed by atoms with van der Waals surface area (Å²) in [6.07, 6.45) is -0.245. The number of hydrogen-bond acceptors (Lipinski definition) is 7. The molecule has 1 aliphatic rings. The molecule has 0 aliphatic carbocycles. The molecule has 222 valence electrons. The van der Waals surface area contributed by atoms with Crippen LogP contribution in [0.15, 0.2) is 60.0 Å². The number of halogens is 1. The van der Waals surface area contributed by atoms with Crippen molar-refractivity contribution < 1.29 is 28.2 Å². The highest BCUT2D eigenvalue weighted by molar-refractivity contribution is 7.10. The average molecular weight is 596 g/mol. The zero-order chi connectivity index (χ0) is 30.4. The van der Waals surface area contributed by atoms with Gasteiger partial charge in [-0.25, -0.2) is 4.39 Å². The number of carbonyl (C=O) groups excluding carboxylic acids is 3. The highest BCUT2D eigenvalue weighted by atomic mass is 32.1. The van der Waals surface area contributed by atoms with Crippen molar-refractivity contribution in [3.63, 3.8) is 0 Å². The molecular formula is C30H34FN5O5S. The van der Waals surface area contributed by atoms with Crippen molar-refractivity contribution in [1.82, 2.24) is 15.5 Å². The second-order valence-corrected chi connectivity index (χ2v) is 11.3. The third-order valence-electron chi connectivity index (χ3n) is 6.90. The number of hydrogen-bond donors (Lipinski definition) is 4. The number of methoxy groups -OCH3 is 1. The molecule has 3 amide bonds. The van der Waals surface area contributed by atoms with Crippen LogP contribution in [0.4, 0.5) is 4.39 Å². The van der Waals surface area contributed by atoms with Gasteiger partial charge in [0.1, 0.15) is 23.4 Å². The van der Waals surface area contributed by atoms with E-state index in [1.165, 1.54) is 18.4 Å². The number of aryl methyl sites for hydroxylation is 1. The molecule has 0 spiro atoms. The number of amides is 3. The summed E-state index contributed by atoms with van der Waals surface area (Å²) in [4.78, 5) is 41.1. The van der Waals surface area contributed by atoms with E-state index in [-0.39, 0.29) is 25.4 Å². The predicted octanol–water partition coefficient (Wildman–Crippen LogP) is 3.70. The van der Waals surface area contributed by atoms with Crippen LogP contribution in [0.3, 0.4) is 0 Å². The number of thiophene rings is 1. The Morgan fingerprint density at radius 3 is 2.38 bits per heavy atom. The molecule has 1 fully saturated rings. The maximum atomic E-state index is 15.5. The molecule has 0 saturated carbocycles. The Balaban J connectivity index is 1.37. The Labute approximate surface area is 247 Å². The van der Waals surface area contributed by atoms with Crippen molar-refractivity contribution in [2.24, 2.45) is 5.73 Å². The molecule has 42 heavy (non-hydrogen) atoms. The number of rotatable bonds is 11. The summed E-state index contributed by atoms with van der Waals surface area (Å²) in [5.41, 5.74) is 5.57. The van der Waals surface area contributed by atoms with Gasteiger partial charge in [0.15, 0.2) is 5.67 Å². The normalized spacial score (nSPS) is 18.8. The lowest BCUT2D eigenvalue weighted by atomic mass is 10.0. The summed E-state index contributed by atoms with van der Waals surface area (Å²) in [5, 5.41) is 14.7. The maximum Gasteiger partial charge on any atom is 0.251 e. The molecule has 12 heteroatoms. The minimum absolute atomic E-state index is 0.0843. The Kier molecular flexibility index (Phi) is 9.59. The molecule has 3 atom stereocenters. The summed E-state index contributed by atoms with van der Waals surface area (Å²) >= 11 is 1.33. The molecular weight excluding hydrogens is 561 g/mol. The molecule has 2 aromatic carbocycles. The Hall–Kier alpha value is -4.29. The van der Waals surface area contributed by atoms with Crippen molar-refractivity contribution in [2.75, 3.05) is 26.8 Å². The van der Waals surface area contributed by atoms with Gasteiger partial charge in [0.25, 0.3) is 5.91 Å². The fourth-order valence-electron chi connectivity index (χ4n) is 4.67. The first-order chi connectivity index (χ1) is 20.0. The van der Waals surface area contributed by atoms with Gasteiger partial charge < -0.3 is 30.7 Å². The van der Waals surface area contributed by atoms with Gasteiger partial charge in [-0.05, 0) is 56.3 Å². The summed E-state index contributed by atoms with van der Waals surface area (Å²) in [5.74, 6) is -0.499. The summed E-state index contributed by atoms with van der Waals surface area (Å²) in [6, 6.07) is 14.1. The van der Waals surface area contributed by atoms with Gasteiger partial charge in [0.05, 0.1) is 25.7 Å². The number of likely N-dealkylation sites (tertiary alicyclic amines) is 1. The zero-order valence-electron chi connectivity index (χ0n) is 23.6. The second-order valence-electron chi connectivity index (χ2n) is 10.3. The minimum Gasteiger partial charge on any atom is -0.457 e. The molecule has 1 saturated heterocycles. The molecule has 1 aromatic heterocycles. The molecule has 5 N–H and O–H groups in total. The van der Waals surface area contributed by atoms with Crippen molar-refractivity contribution in [3.05, 3.63) is 81.5 Å². The molecule has 0 radical (unpaired) electrons. The fourth-order valence-corrected chi connectivity index (χ4v) is 5.59. The number of carbonyl (C=O) groups is 3. The number of benzene rings is 2. The quantitative estimate of drug-likeness (QED) is 0.196. The number of nitrogens with two attached hydrogens (primary N) is 1. The van der Waals surface area contributed by atoms with Gasteiger partial charge in [-0.1, -0.05) is 17.7 Å². The minimum atomic E-state index is -1.92. The van der Waals surface area contributed by atoms with Crippen LogP contribution in [0.2, 0.25) is 0 Å². The van der Waals surface area contributed by atoms with Gasteiger partial charge >= 0.3 is 0 Å². The lowest BCUT2D eigenvalue weighted by molar-refractivity contribution is -0.138. The van der Waals surface area contributed by atoms with Crippen LogP contribution in [0.1, 0.15) is 45.7 Å². The van der Waals surface area contributed by atoms with E-state index in [2.05, 4.69) is 10.6 Å². The van der Waals surface area contributed by atoms with E-state index in [0.29, 0.717) is 22.6 Å². The third kappa shape index (κ3) is 7.51. The van der Waals surface area contributed by atoms with E-state index in [1.54, 1.807) is 42.6 Å². The first kappa shape index (κ1) is 30.7. The van der Waals surface area contributed by atoms with Gasteiger partial charge in [-0.3, -0.25) is 19.8 Å². The maximum absolute atomic E-state index is 15.5. The monoisotopic (exact) mass is 595 g/mol. The van der Waals surface area contributed by atoms with E-state index in [0.717, 1.165) is 15.3 Å². The van der Waals surface area contributed by atoms with E-state index >= 15 is 4.39 Å². The van der Waals surface area contributed by atoms with Crippen molar-refractivity contribution >= 4 is 34.9 Å². The molecule has 3 aromatic rings. The first-order valence-electron chi connectivity index (χ1n) is 13.3. The highest BCUT2D eigenvalue weighted by Gasteiger charge is 2.49. The largest absolute Gasteiger partial charge is 0.457 e. The van der Waals surface area contributed by atoms with Crippen molar-refractivity contribution in [2.45, 2.75) is 38.0 Å². The van der Waals surface area contributed by atoms with E-state index in [4.69, 9.17) is 20.6 Å². The number of nitrogens with zero attached hydrogens (tertiary/aromatic N) is 1. The fraction of sp³-hybridized carbons (Fsp3) is 0.333. The number of amidine groups is 1. The van der Waals surface area contributed by atoms with E-state index in [9.17, 15) is 14.4 Å². The standard InChI is InChI=1S/C30H34FN5O5S/c1-18-4-8-22(9-5-18)41-23-10-6-20(7-11-23)28(38)34-14-26(37)36-16-30(31,17-40-3)13-24(36)29(39)35-19(2)25-12-21(15-42-25)27(32)33/h4-12,15,19,24H,13-14,16-17H2,1-3H3,(H3,32,33)(H,34,38)(H,35,39)/t19?,24-,30+/m0/s1. The topological polar surface area (TPSA) is 147 Å².